The lowest BCUT2D eigenvalue weighted by Crippen LogP contribution is -2.40. The maximum atomic E-state index is 11.7. The van der Waals surface area contributed by atoms with Crippen LogP contribution in [0, 0.1) is 5.92 Å². The van der Waals surface area contributed by atoms with Gasteiger partial charge >= 0.3 is 0 Å². The van der Waals surface area contributed by atoms with E-state index in [0.29, 0.717) is 12.2 Å². The van der Waals surface area contributed by atoms with Gasteiger partial charge in [0.15, 0.2) is 0 Å². The van der Waals surface area contributed by atoms with Crippen molar-refractivity contribution in [1.29, 1.82) is 0 Å². The lowest BCUT2D eigenvalue weighted by Gasteiger charge is -2.30. The van der Waals surface area contributed by atoms with Crippen molar-refractivity contribution in [3.05, 3.63) is 16.1 Å². The molecule has 0 spiro atoms. The summed E-state index contributed by atoms with van der Waals surface area (Å²) in [7, 11) is 0. The van der Waals surface area contributed by atoms with Crippen molar-refractivity contribution >= 4 is 17.1 Å². The van der Waals surface area contributed by atoms with Gasteiger partial charge in [-0.05, 0) is 6.42 Å². The standard InChI is InChI=1S/C15H24N2OS/c1-5-11-8-17(7-6-12(11)18)9-14-16-13(10-19-14)15(2,3)4/h10-11H,5-9H2,1-4H3. The van der Waals surface area contributed by atoms with Gasteiger partial charge in [0, 0.05) is 36.2 Å². The second-order valence-electron chi connectivity index (χ2n) is 6.43. The Hall–Kier alpha value is -0.740. The van der Waals surface area contributed by atoms with E-state index in [-0.39, 0.29) is 11.3 Å². The van der Waals surface area contributed by atoms with Crippen molar-refractivity contribution in [2.45, 2.75) is 52.5 Å². The molecule has 1 fully saturated rings. The highest BCUT2D eigenvalue weighted by Crippen LogP contribution is 2.25. The summed E-state index contributed by atoms with van der Waals surface area (Å²) in [5, 5.41) is 3.34. The number of aromatic nitrogens is 1. The highest BCUT2D eigenvalue weighted by atomic mass is 32.1. The molecule has 0 bridgehead atoms. The Morgan fingerprint density at radius 2 is 2.21 bits per heavy atom. The van der Waals surface area contributed by atoms with Gasteiger partial charge in [0.2, 0.25) is 0 Å². The molecule has 2 heterocycles. The van der Waals surface area contributed by atoms with Gasteiger partial charge in [-0.25, -0.2) is 4.98 Å². The van der Waals surface area contributed by atoms with E-state index in [1.807, 2.05) is 0 Å². The average Bonchev–Trinajstić information content (AvgIpc) is 2.80. The fourth-order valence-electron chi connectivity index (χ4n) is 2.40. The summed E-state index contributed by atoms with van der Waals surface area (Å²) in [6.07, 6.45) is 1.66. The molecule has 0 N–H and O–H groups in total. The van der Waals surface area contributed by atoms with E-state index in [2.05, 4.69) is 38.0 Å². The zero-order valence-corrected chi connectivity index (χ0v) is 13.2. The first-order valence-corrected chi connectivity index (χ1v) is 7.98. The Morgan fingerprint density at radius 3 is 2.79 bits per heavy atom. The summed E-state index contributed by atoms with van der Waals surface area (Å²) in [4.78, 5) is 18.8. The van der Waals surface area contributed by atoms with E-state index in [1.165, 1.54) is 10.7 Å². The number of likely N-dealkylation sites (tertiary alicyclic amines) is 1. The molecule has 0 amide bonds. The molecule has 0 radical (unpaired) electrons. The van der Waals surface area contributed by atoms with Crippen LogP contribution >= 0.6 is 11.3 Å². The van der Waals surface area contributed by atoms with Gasteiger partial charge in [-0.3, -0.25) is 9.69 Å². The molecule has 1 atom stereocenters. The molecule has 1 aliphatic rings. The van der Waals surface area contributed by atoms with Gasteiger partial charge in [0.05, 0.1) is 12.2 Å². The first-order chi connectivity index (χ1) is 8.90. The summed E-state index contributed by atoms with van der Waals surface area (Å²) >= 11 is 1.74. The number of Topliss-reactive ketones (excluding diaryl/α,β-unsaturated/α-hetero) is 1. The van der Waals surface area contributed by atoms with Gasteiger partial charge in [0.1, 0.15) is 10.8 Å². The molecular formula is C15H24N2OS. The number of ketones is 1. The predicted molar refractivity (Wildman–Crippen MR) is 79.5 cm³/mol. The predicted octanol–water partition coefficient (Wildman–Crippen LogP) is 3.24. The van der Waals surface area contributed by atoms with E-state index in [4.69, 9.17) is 4.98 Å². The average molecular weight is 280 g/mol. The van der Waals surface area contributed by atoms with Crippen LogP contribution in [0.3, 0.4) is 0 Å². The maximum absolute atomic E-state index is 11.7. The second kappa shape index (κ2) is 5.71. The minimum absolute atomic E-state index is 0.124. The summed E-state index contributed by atoms with van der Waals surface area (Å²) in [6, 6.07) is 0. The number of carbonyl (C=O) groups is 1. The number of rotatable bonds is 3. The molecule has 4 heteroatoms. The molecule has 3 nitrogen and oxygen atoms in total. The monoisotopic (exact) mass is 280 g/mol. The number of piperidine rings is 1. The number of carbonyl (C=O) groups excluding carboxylic acids is 1. The summed E-state index contributed by atoms with van der Waals surface area (Å²) in [5.74, 6) is 0.670. The number of hydrogen-bond acceptors (Lipinski definition) is 4. The molecule has 0 aromatic carbocycles. The molecule has 106 valence electrons. The minimum Gasteiger partial charge on any atom is -0.299 e. The van der Waals surface area contributed by atoms with Crippen LogP contribution in [-0.2, 0) is 16.8 Å². The summed E-state index contributed by atoms with van der Waals surface area (Å²) < 4.78 is 0. The van der Waals surface area contributed by atoms with Gasteiger partial charge in [-0.1, -0.05) is 27.7 Å². The topological polar surface area (TPSA) is 33.2 Å². The van der Waals surface area contributed by atoms with Crippen molar-refractivity contribution in [2.24, 2.45) is 5.92 Å². The van der Waals surface area contributed by atoms with Crippen LogP contribution in [0.1, 0.15) is 51.2 Å². The van der Waals surface area contributed by atoms with Crippen LogP contribution < -0.4 is 0 Å². The molecule has 1 saturated heterocycles. The highest BCUT2D eigenvalue weighted by molar-refractivity contribution is 7.09. The van der Waals surface area contributed by atoms with Crippen molar-refractivity contribution < 1.29 is 4.79 Å². The molecule has 0 saturated carbocycles. The molecule has 0 aliphatic carbocycles. The van der Waals surface area contributed by atoms with Crippen LogP contribution in [0.5, 0.6) is 0 Å². The third-order valence-corrected chi connectivity index (χ3v) is 4.61. The SMILES string of the molecule is CCC1CN(Cc2nc(C(C)(C)C)cs2)CCC1=O. The van der Waals surface area contributed by atoms with Crippen molar-refractivity contribution in [1.82, 2.24) is 9.88 Å². The van der Waals surface area contributed by atoms with Gasteiger partial charge in [-0.15, -0.1) is 11.3 Å². The molecule has 1 unspecified atom stereocenters. The fourth-order valence-corrected chi connectivity index (χ4v) is 3.46. The quantitative estimate of drug-likeness (QED) is 0.852. The third kappa shape index (κ3) is 3.63. The Morgan fingerprint density at radius 1 is 1.47 bits per heavy atom. The van der Waals surface area contributed by atoms with E-state index >= 15 is 0 Å². The van der Waals surface area contributed by atoms with Crippen LogP contribution in [0.4, 0.5) is 0 Å². The van der Waals surface area contributed by atoms with Gasteiger partial charge in [0.25, 0.3) is 0 Å². The Kier molecular flexibility index (Phi) is 4.41. The highest BCUT2D eigenvalue weighted by Gasteiger charge is 2.26. The summed E-state index contributed by atoms with van der Waals surface area (Å²) in [6.45, 7) is 11.4. The van der Waals surface area contributed by atoms with Crippen molar-refractivity contribution in [2.75, 3.05) is 13.1 Å². The first-order valence-electron chi connectivity index (χ1n) is 7.10. The lowest BCUT2D eigenvalue weighted by molar-refractivity contribution is -0.126. The second-order valence-corrected chi connectivity index (χ2v) is 7.38. The van der Waals surface area contributed by atoms with E-state index in [9.17, 15) is 4.79 Å². The largest absolute Gasteiger partial charge is 0.299 e. The Bertz CT molecular complexity index is 447. The summed E-state index contributed by atoms with van der Waals surface area (Å²) in [5.41, 5.74) is 1.30. The van der Waals surface area contributed by atoms with Gasteiger partial charge < -0.3 is 0 Å². The first kappa shape index (κ1) is 14.7. The van der Waals surface area contributed by atoms with Crippen LogP contribution in [0.25, 0.3) is 0 Å². The number of nitrogens with zero attached hydrogens (tertiary/aromatic N) is 2. The number of thiazole rings is 1. The van der Waals surface area contributed by atoms with Gasteiger partial charge in [-0.2, -0.15) is 0 Å². The van der Waals surface area contributed by atoms with Crippen LogP contribution in [0.15, 0.2) is 5.38 Å². The lowest BCUT2D eigenvalue weighted by atomic mass is 9.93. The van der Waals surface area contributed by atoms with Crippen molar-refractivity contribution in [3.63, 3.8) is 0 Å². The minimum atomic E-state index is 0.124. The molecule has 19 heavy (non-hydrogen) atoms. The Labute approximate surface area is 120 Å². The zero-order valence-electron chi connectivity index (χ0n) is 12.4. The smallest absolute Gasteiger partial charge is 0.138 e. The van der Waals surface area contributed by atoms with E-state index in [0.717, 1.165) is 26.1 Å². The van der Waals surface area contributed by atoms with E-state index < -0.39 is 0 Å². The van der Waals surface area contributed by atoms with Crippen molar-refractivity contribution in [3.8, 4) is 0 Å². The maximum Gasteiger partial charge on any atom is 0.138 e. The van der Waals surface area contributed by atoms with Crippen LogP contribution in [0.2, 0.25) is 0 Å². The normalized spacial score (nSPS) is 21.9. The molecular weight excluding hydrogens is 256 g/mol. The molecule has 1 aromatic rings. The van der Waals surface area contributed by atoms with Crippen LogP contribution in [-0.4, -0.2) is 28.8 Å². The molecule has 2 rings (SSSR count). The third-order valence-electron chi connectivity index (χ3n) is 3.78. The fraction of sp³-hybridized carbons (Fsp3) is 0.733. The number of hydrogen-bond donors (Lipinski definition) is 0. The zero-order chi connectivity index (χ0) is 14.0. The molecule has 1 aromatic heterocycles. The van der Waals surface area contributed by atoms with E-state index in [1.54, 1.807) is 11.3 Å². The molecule has 1 aliphatic heterocycles. The Balaban J connectivity index is 1.98.